The summed E-state index contributed by atoms with van der Waals surface area (Å²) in [6.45, 7) is 4.32. The zero-order valence-electron chi connectivity index (χ0n) is 11.3. The molecule has 0 spiro atoms. The van der Waals surface area contributed by atoms with Crippen LogP contribution >= 0.6 is 0 Å². The Balaban J connectivity index is 2.16. The second-order valence-electron chi connectivity index (χ2n) is 5.09. The lowest BCUT2D eigenvalue weighted by Crippen LogP contribution is -2.30. The molecule has 1 fully saturated rings. The van der Waals surface area contributed by atoms with Gasteiger partial charge in [0.1, 0.15) is 0 Å². The Labute approximate surface area is 110 Å². The number of benzene rings is 1. The number of rotatable bonds is 5. The van der Waals surface area contributed by atoms with Crippen molar-refractivity contribution >= 4 is 11.5 Å². The van der Waals surface area contributed by atoms with E-state index in [0.29, 0.717) is 12.2 Å². The molecule has 98 valence electrons. The number of carbonyl (C=O) groups excluding carboxylic acids is 1. The summed E-state index contributed by atoms with van der Waals surface area (Å²) >= 11 is 0. The highest BCUT2D eigenvalue weighted by Crippen LogP contribution is 2.25. The Morgan fingerprint density at radius 3 is 2.61 bits per heavy atom. The highest BCUT2D eigenvalue weighted by molar-refractivity contribution is 6.01. The van der Waals surface area contributed by atoms with Gasteiger partial charge in [-0.05, 0) is 37.8 Å². The maximum absolute atomic E-state index is 12.2. The number of anilines is 1. The first-order valence-electron chi connectivity index (χ1n) is 7.20. The Bertz CT molecular complexity index is 394. The van der Waals surface area contributed by atoms with E-state index in [9.17, 15) is 4.79 Å². The summed E-state index contributed by atoms with van der Waals surface area (Å²) in [5.41, 5.74) is 2.08. The molecule has 1 heterocycles. The number of ketones is 1. The van der Waals surface area contributed by atoms with Crippen molar-refractivity contribution in [3.63, 3.8) is 0 Å². The molecule has 0 saturated carbocycles. The molecule has 0 bridgehead atoms. The fourth-order valence-electron chi connectivity index (χ4n) is 2.59. The van der Waals surface area contributed by atoms with Crippen LogP contribution in [0.4, 0.5) is 5.69 Å². The van der Waals surface area contributed by atoms with Crippen LogP contribution in [0.15, 0.2) is 24.3 Å². The molecular weight excluding hydrogens is 222 g/mol. The minimum absolute atomic E-state index is 0.304. The largest absolute Gasteiger partial charge is 0.371 e. The summed E-state index contributed by atoms with van der Waals surface area (Å²) in [7, 11) is 0. The Kier molecular flexibility index (Phi) is 4.80. The molecule has 0 N–H and O–H groups in total. The van der Waals surface area contributed by atoms with Crippen LogP contribution in [-0.4, -0.2) is 18.9 Å². The fourth-order valence-corrected chi connectivity index (χ4v) is 2.59. The van der Waals surface area contributed by atoms with Crippen LogP contribution in [0, 0.1) is 0 Å². The number of nitrogens with zero attached hydrogens (tertiary/aromatic N) is 1. The van der Waals surface area contributed by atoms with Crippen molar-refractivity contribution in [3.05, 3.63) is 29.8 Å². The summed E-state index contributed by atoms with van der Waals surface area (Å²) in [5, 5.41) is 0. The zero-order valence-corrected chi connectivity index (χ0v) is 11.3. The molecule has 1 aliphatic heterocycles. The maximum Gasteiger partial charge on any atom is 0.164 e. The lowest BCUT2D eigenvalue weighted by Gasteiger charge is -2.30. The normalized spacial score (nSPS) is 15.7. The van der Waals surface area contributed by atoms with Crippen molar-refractivity contribution < 1.29 is 4.79 Å². The van der Waals surface area contributed by atoms with Crippen LogP contribution in [-0.2, 0) is 0 Å². The molecule has 0 aliphatic carbocycles. The predicted octanol–water partition coefficient (Wildman–Crippen LogP) is 4.05. The molecule has 1 aliphatic rings. The van der Waals surface area contributed by atoms with E-state index in [1.54, 1.807) is 0 Å². The van der Waals surface area contributed by atoms with Crippen LogP contribution in [0.2, 0.25) is 0 Å². The summed E-state index contributed by atoms with van der Waals surface area (Å²) < 4.78 is 0. The third kappa shape index (κ3) is 3.12. The highest BCUT2D eigenvalue weighted by Gasteiger charge is 2.17. The quantitative estimate of drug-likeness (QED) is 0.729. The van der Waals surface area contributed by atoms with Gasteiger partial charge in [0, 0.05) is 30.8 Å². The van der Waals surface area contributed by atoms with E-state index >= 15 is 0 Å². The van der Waals surface area contributed by atoms with Crippen LogP contribution in [0.1, 0.15) is 55.8 Å². The number of hydrogen-bond acceptors (Lipinski definition) is 2. The molecule has 0 atom stereocenters. The van der Waals surface area contributed by atoms with Gasteiger partial charge in [0.2, 0.25) is 0 Å². The van der Waals surface area contributed by atoms with Crippen molar-refractivity contribution in [3.8, 4) is 0 Å². The average Bonchev–Trinajstić information content (AvgIpc) is 2.45. The number of Topliss-reactive ketones (excluding diaryl/α,β-unsaturated/α-hetero) is 1. The van der Waals surface area contributed by atoms with Crippen LogP contribution in [0.25, 0.3) is 0 Å². The third-order valence-electron chi connectivity index (χ3n) is 3.66. The van der Waals surface area contributed by atoms with Crippen molar-refractivity contribution in [2.24, 2.45) is 0 Å². The molecule has 2 nitrogen and oxygen atoms in total. The second-order valence-corrected chi connectivity index (χ2v) is 5.09. The molecule has 0 unspecified atom stereocenters. The lowest BCUT2D eigenvalue weighted by molar-refractivity contribution is 0.0980. The summed E-state index contributed by atoms with van der Waals surface area (Å²) in [6.07, 6.45) is 6.57. The van der Waals surface area contributed by atoms with Gasteiger partial charge in [0.15, 0.2) is 5.78 Å². The van der Waals surface area contributed by atoms with E-state index in [0.717, 1.165) is 37.2 Å². The van der Waals surface area contributed by atoms with E-state index < -0.39 is 0 Å². The number of unbranched alkanes of at least 4 members (excludes halogenated alkanes) is 1. The van der Waals surface area contributed by atoms with Gasteiger partial charge in [-0.15, -0.1) is 0 Å². The molecule has 2 rings (SSSR count). The van der Waals surface area contributed by atoms with Gasteiger partial charge in [0.05, 0.1) is 0 Å². The Morgan fingerprint density at radius 1 is 1.17 bits per heavy atom. The van der Waals surface area contributed by atoms with Crippen molar-refractivity contribution in [1.29, 1.82) is 0 Å². The Morgan fingerprint density at radius 2 is 1.89 bits per heavy atom. The van der Waals surface area contributed by atoms with E-state index in [4.69, 9.17) is 0 Å². The minimum Gasteiger partial charge on any atom is -0.371 e. The number of carbonyl (C=O) groups is 1. The predicted molar refractivity (Wildman–Crippen MR) is 76.4 cm³/mol. The smallest absolute Gasteiger partial charge is 0.164 e. The van der Waals surface area contributed by atoms with Gasteiger partial charge in [0.25, 0.3) is 0 Å². The standard InChI is InChI=1S/C16H23NO/c1-2-3-11-16(18)14-9-5-6-10-15(14)17-12-7-4-8-13-17/h5-6,9-10H,2-4,7-8,11-13H2,1H3. The molecule has 18 heavy (non-hydrogen) atoms. The van der Waals surface area contributed by atoms with E-state index in [1.165, 1.54) is 19.3 Å². The van der Waals surface area contributed by atoms with Crippen molar-refractivity contribution in [2.75, 3.05) is 18.0 Å². The van der Waals surface area contributed by atoms with Crippen molar-refractivity contribution in [1.82, 2.24) is 0 Å². The molecule has 2 heteroatoms. The highest BCUT2D eigenvalue weighted by atomic mass is 16.1. The average molecular weight is 245 g/mol. The van der Waals surface area contributed by atoms with Crippen LogP contribution < -0.4 is 4.90 Å². The number of para-hydroxylation sites is 1. The monoisotopic (exact) mass is 245 g/mol. The van der Waals surface area contributed by atoms with Gasteiger partial charge in [-0.1, -0.05) is 25.5 Å². The topological polar surface area (TPSA) is 20.3 Å². The van der Waals surface area contributed by atoms with Gasteiger partial charge < -0.3 is 4.90 Å². The van der Waals surface area contributed by atoms with E-state index in [1.807, 2.05) is 18.2 Å². The molecule has 1 aromatic carbocycles. The molecule has 0 amide bonds. The molecule has 0 aromatic heterocycles. The van der Waals surface area contributed by atoms with Gasteiger partial charge in [-0.2, -0.15) is 0 Å². The number of piperidine rings is 1. The zero-order chi connectivity index (χ0) is 12.8. The maximum atomic E-state index is 12.2. The molecular formula is C16H23NO. The van der Waals surface area contributed by atoms with Crippen molar-refractivity contribution in [2.45, 2.75) is 45.4 Å². The lowest BCUT2D eigenvalue weighted by atomic mass is 10.0. The Hall–Kier alpha value is -1.31. The van der Waals surface area contributed by atoms with Crippen LogP contribution in [0.5, 0.6) is 0 Å². The van der Waals surface area contributed by atoms with Crippen LogP contribution in [0.3, 0.4) is 0 Å². The van der Waals surface area contributed by atoms with E-state index in [-0.39, 0.29) is 0 Å². The summed E-state index contributed by atoms with van der Waals surface area (Å²) in [4.78, 5) is 14.6. The third-order valence-corrected chi connectivity index (χ3v) is 3.66. The molecule has 0 radical (unpaired) electrons. The number of hydrogen-bond donors (Lipinski definition) is 0. The first-order chi connectivity index (χ1) is 8.83. The van der Waals surface area contributed by atoms with E-state index in [2.05, 4.69) is 17.9 Å². The minimum atomic E-state index is 0.304. The first kappa shape index (κ1) is 13.1. The summed E-state index contributed by atoms with van der Waals surface area (Å²) in [6, 6.07) is 8.11. The SMILES string of the molecule is CCCCC(=O)c1ccccc1N1CCCCC1. The van der Waals surface area contributed by atoms with Gasteiger partial charge >= 0.3 is 0 Å². The second kappa shape index (κ2) is 6.58. The fraction of sp³-hybridized carbons (Fsp3) is 0.562. The van der Waals surface area contributed by atoms with Gasteiger partial charge in [-0.3, -0.25) is 4.79 Å². The summed E-state index contributed by atoms with van der Waals surface area (Å²) in [5.74, 6) is 0.304. The van der Waals surface area contributed by atoms with Gasteiger partial charge in [-0.25, -0.2) is 0 Å². The first-order valence-corrected chi connectivity index (χ1v) is 7.20. The molecule has 1 aromatic rings. The molecule has 1 saturated heterocycles.